The Morgan fingerprint density at radius 1 is 0.593 bits per heavy atom. The molecular weight excluding hydrogens is 1790 g/mol. The Bertz CT molecular complexity index is 3970. The fourth-order valence-corrected chi connectivity index (χ4v) is 15.0. The van der Waals surface area contributed by atoms with Crippen LogP contribution in [0.4, 0.5) is 5.69 Å². The predicted octanol–water partition coefficient (Wildman–Crippen LogP) is 2.07. The summed E-state index contributed by atoms with van der Waals surface area (Å²) in [5, 5.41) is 82.2. The van der Waals surface area contributed by atoms with Crippen molar-refractivity contribution in [2.24, 2.45) is 23.5 Å². The molecule has 135 heavy (non-hydrogen) atoms. The van der Waals surface area contributed by atoms with Crippen molar-refractivity contribution in [2.75, 3.05) is 198 Å². The zero-order chi connectivity index (χ0) is 98.8. The molecule has 1 fully saturated rings. The minimum absolute atomic E-state index is 0.00352. The van der Waals surface area contributed by atoms with E-state index in [9.17, 15) is 78.6 Å². The molecule has 14 atom stereocenters. The Kier molecular flexibility index (Phi) is 58.3. The fraction of sp³-hybridized carbons (Fsp3) is 0.696. The summed E-state index contributed by atoms with van der Waals surface area (Å²) < 4.78 is 76.9. The average Bonchev–Trinajstić information content (AvgIpc) is 1.69. The smallest absolute Gasteiger partial charge is 0.335 e. The van der Waals surface area contributed by atoms with Gasteiger partial charge in [0.05, 0.1) is 170 Å². The number of amides is 9. The van der Waals surface area contributed by atoms with Crippen molar-refractivity contribution in [3.8, 4) is 5.75 Å². The number of ether oxygens (including phenoxy) is 14. The number of carbonyl (C=O) groups is 11. The van der Waals surface area contributed by atoms with E-state index >= 15 is 4.79 Å². The van der Waals surface area contributed by atoms with Crippen LogP contribution in [0, 0.1) is 17.8 Å². The number of aliphatic hydroxyl groups excluding tert-OH is 4. The molecule has 0 bridgehead atoms. The number of aliphatic hydroxyl groups is 4. The quantitative estimate of drug-likeness (QED) is 0.0284. The molecule has 0 spiro atoms. The molecule has 42 nitrogen and oxygen atoms in total. The summed E-state index contributed by atoms with van der Waals surface area (Å²) in [6.45, 7) is 19.7. The molecule has 5 rings (SSSR count). The number of nitrogens with two attached hydrogens (primary N) is 1. The molecular formula is C92H147N11O31S. The first-order valence-corrected chi connectivity index (χ1v) is 47.3. The minimum Gasteiger partial charge on any atom is -0.481 e. The second-order valence-corrected chi connectivity index (χ2v) is 33.9. The maximum atomic E-state index is 15.0. The number of aromatic nitrogens is 1. The maximum absolute atomic E-state index is 15.0. The van der Waals surface area contributed by atoms with Crippen molar-refractivity contribution in [3.63, 3.8) is 0 Å². The Balaban J connectivity index is 1.11. The van der Waals surface area contributed by atoms with Crippen LogP contribution in [0.5, 0.6) is 5.75 Å². The Morgan fingerprint density at radius 2 is 1.13 bits per heavy atom. The summed E-state index contributed by atoms with van der Waals surface area (Å²) >= 11 is 1.06. The molecule has 0 aliphatic carbocycles. The molecule has 43 heteroatoms. The first-order valence-electron chi connectivity index (χ1n) is 46.4. The Labute approximate surface area is 794 Å². The van der Waals surface area contributed by atoms with Gasteiger partial charge < -0.3 is 139 Å². The van der Waals surface area contributed by atoms with Crippen LogP contribution in [0.3, 0.4) is 0 Å². The number of hydrogen-bond donors (Lipinski definition) is 13. The van der Waals surface area contributed by atoms with Crippen LogP contribution in [0.15, 0.2) is 66.1 Å². The number of nitrogens with zero attached hydrogens (tertiary/aromatic N) is 4. The number of carbonyl (C=O) groups excluding carboxylic acids is 9. The van der Waals surface area contributed by atoms with Gasteiger partial charge in [-0.05, 0) is 80.7 Å². The van der Waals surface area contributed by atoms with Gasteiger partial charge in [-0.15, -0.1) is 11.3 Å². The highest BCUT2D eigenvalue weighted by Gasteiger charge is 2.49. The lowest BCUT2D eigenvalue weighted by atomic mass is 9.92. The molecule has 3 aromatic rings. The maximum Gasteiger partial charge on any atom is 0.335 e. The lowest BCUT2D eigenvalue weighted by molar-refractivity contribution is -0.271. The summed E-state index contributed by atoms with van der Waals surface area (Å²) in [6.07, 6.45) is -5.95. The lowest BCUT2D eigenvalue weighted by Gasteiger charge is -2.38. The van der Waals surface area contributed by atoms with Gasteiger partial charge in [0, 0.05) is 89.2 Å². The SMILES string of the molecule is CCCCC[C@H](C(=O)N[C@H](C(=O)N(C)[C@H](C[C@@H](O)c1nc(C(=O)N[C@@H](Cc2ccccc2)C[C@H](C)C(=O)O)cs1)C(C)C)[C@@H](C)CC)N(C)Cc1ccc(O[C@@H]2O[C@H](C(=O)O)C(O)[C@H](O)[C@H]2O)c(NC(=O)CCNC(=O)[C@H](CCCCNC(=O)CCOCCOCCOCCOCCOCCOCCOCCOCCOCCOCCOCCOC)NC(=O)[C@H](CN)N2C(=O)C=CC2=O)c1. The van der Waals surface area contributed by atoms with Gasteiger partial charge in [-0.2, -0.15) is 0 Å². The zero-order valence-corrected chi connectivity index (χ0v) is 80.3. The summed E-state index contributed by atoms with van der Waals surface area (Å²) in [5.41, 5.74) is 7.19. The molecule has 762 valence electrons. The minimum atomic E-state index is -2.08. The van der Waals surface area contributed by atoms with E-state index < -0.39 is 157 Å². The largest absolute Gasteiger partial charge is 0.481 e. The van der Waals surface area contributed by atoms with E-state index in [-0.39, 0.29) is 106 Å². The van der Waals surface area contributed by atoms with Gasteiger partial charge in [-0.3, -0.25) is 57.7 Å². The number of thiazole rings is 1. The van der Waals surface area contributed by atoms with E-state index in [1.54, 1.807) is 39.1 Å². The number of carboxylic acids is 2. The number of carboxylic acid groups (broad SMARTS) is 2. The summed E-state index contributed by atoms with van der Waals surface area (Å²) in [6, 6.07) is 7.75. The zero-order valence-electron chi connectivity index (χ0n) is 79.5. The van der Waals surface area contributed by atoms with E-state index in [1.165, 1.54) is 22.4 Å². The molecule has 1 saturated heterocycles. The molecule has 0 radical (unpaired) electrons. The summed E-state index contributed by atoms with van der Waals surface area (Å²) in [7, 11) is 4.92. The van der Waals surface area contributed by atoms with Gasteiger partial charge >= 0.3 is 11.9 Å². The number of benzene rings is 2. The first-order chi connectivity index (χ1) is 64.9. The van der Waals surface area contributed by atoms with Gasteiger partial charge in [0.25, 0.3) is 17.7 Å². The number of imide groups is 1. The average molecular weight is 1940 g/mol. The van der Waals surface area contributed by atoms with E-state index in [1.807, 2.05) is 65.0 Å². The van der Waals surface area contributed by atoms with Crippen molar-refractivity contribution in [3.05, 3.63) is 87.9 Å². The van der Waals surface area contributed by atoms with Crippen LogP contribution >= 0.6 is 11.3 Å². The van der Waals surface area contributed by atoms with Crippen LogP contribution in [-0.4, -0.2) is 375 Å². The number of likely N-dealkylation sites (N-methyl/N-ethyl adjacent to an activating group) is 2. The monoisotopic (exact) mass is 1930 g/mol. The van der Waals surface area contributed by atoms with Gasteiger partial charge in [0.15, 0.2) is 6.10 Å². The number of hydrogen-bond acceptors (Lipinski definition) is 33. The highest BCUT2D eigenvalue weighted by Crippen LogP contribution is 2.33. The Morgan fingerprint density at radius 3 is 1.64 bits per heavy atom. The van der Waals surface area contributed by atoms with Gasteiger partial charge in [-0.25, -0.2) is 9.78 Å². The number of rotatable bonds is 77. The number of anilines is 1. The molecule has 0 saturated carbocycles. The van der Waals surface area contributed by atoms with Crippen molar-refractivity contribution < 1.29 is 150 Å². The molecule has 1 unspecified atom stereocenters. The normalized spacial score (nSPS) is 17.5. The van der Waals surface area contributed by atoms with Gasteiger partial charge in [0.1, 0.15) is 59.0 Å². The van der Waals surface area contributed by atoms with Gasteiger partial charge in [0.2, 0.25) is 41.7 Å². The standard InChI is InChI=1S/C92H147N11O31S/c1-10-12-14-22-70(86(114)100-79(62(5)11-2)89(116)102(8)71(61(3)4)57-73(104)88-99-69(60-135-88)85(113)96-66(54-63(6)90(117)118)55-64-19-15-13-16-20-64)101(7)59-65-23-24-74(133-92-82(111)80(109)81(110)83(134-92)91(119)120)68(56-65)97-76(106)27-30-95-84(112)67(98-87(115)72(58-93)103-77(107)25-26-78(103)108)21-17-18-29-94-75(105)28-31-122-34-35-124-38-39-126-42-43-128-46-47-130-50-51-132-53-52-131-49-48-129-45-44-127-41-40-125-37-36-123-33-32-121-9/h13,15-16,19-20,23-26,56,60-63,66-67,70-73,79-83,92,104,109-111H,10-12,14,17-18,21-22,27-55,57-59,93H2,1-9H3,(H,94,105)(H,95,112)(H,96,113)(H,97,106)(H,98,115)(H,100,114)(H,117,118)(H,119,120)/t62-,63-,66+,67-,70+,71+,72-,73+,79-,80-,81?,82+,83-,92+/m0/s1. The van der Waals surface area contributed by atoms with Crippen molar-refractivity contribution in [1.82, 2.24) is 46.3 Å². The third kappa shape index (κ3) is 44.7. The second-order valence-electron chi connectivity index (χ2n) is 33.0. The van der Waals surface area contributed by atoms with Crippen molar-refractivity contribution in [1.29, 1.82) is 0 Å². The molecule has 9 amide bonds. The van der Waals surface area contributed by atoms with Crippen LogP contribution < -0.4 is 42.4 Å². The third-order valence-corrected chi connectivity index (χ3v) is 23.1. The van der Waals surface area contributed by atoms with Crippen LogP contribution in [0.25, 0.3) is 0 Å². The highest BCUT2D eigenvalue weighted by molar-refractivity contribution is 7.09. The van der Waals surface area contributed by atoms with Crippen LogP contribution in [-0.2, 0) is 122 Å². The predicted molar refractivity (Wildman–Crippen MR) is 492 cm³/mol. The van der Waals surface area contributed by atoms with Crippen molar-refractivity contribution in [2.45, 2.75) is 205 Å². The molecule has 14 N–H and O–H groups in total. The molecule has 2 aliphatic heterocycles. The molecule has 3 heterocycles. The topological polar surface area (TPSA) is 559 Å². The summed E-state index contributed by atoms with van der Waals surface area (Å²) in [5.74, 6) is -10.2. The summed E-state index contributed by atoms with van der Waals surface area (Å²) in [4.78, 5) is 157. The number of methoxy groups -OCH3 is 1. The van der Waals surface area contributed by atoms with Gasteiger partial charge in [-0.1, -0.05) is 104 Å². The number of aliphatic carboxylic acids is 2. The molecule has 2 aromatic carbocycles. The highest BCUT2D eigenvalue weighted by atomic mass is 32.1. The first kappa shape index (κ1) is 117. The molecule has 1 aromatic heterocycles. The molecule has 2 aliphatic rings. The number of nitrogens with one attached hydrogen (secondary N) is 6. The lowest BCUT2D eigenvalue weighted by Crippen LogP contribution is -2.61. The van der Waals surface area contributed by atoms with Crippen LogP contribution in [0.1, 0.15) is 151 Å². The number of unbranched alkanes of at least 4 members (excludes halogenated alkanes) is 3. The fourth-order valence-electron chi connectivity index (χ4n) is 14.3. The van der Waals surface area contributed by atoms with Crippen LogP contribution in [0.2, 0.25) is 0 Å². The van der Waals surface area contributed by atoms with E-state index in [0.717, 1.165) is 41.9 Å². The van der Waals surface area contributed by atoms with Crippen molar-refractivity contribution >= 4 is 82.1 Å². The second kappa shape index (κ2) is 67.5. The van der Waals surface area contributed by atoms with E-state index in [2.05, 4.69) is 36.9 Å². The van der Waals surface area contributed by atoms with E-state index in [4.69, 9.17) is 72.0 Å². The third-order valence-electron chi connectivity index (χ3n) is 22.2. The Hall–Kier alpha value is -8.78. The van der Waals surface area contributed by atoms with E-state index in [0.29, 0.717) is 175 Å².